The summed E-state index contributed by atoms with van der Waals surface area (Å²) in [6.45, 7) is 0. The van der Waals surface area contributed by atoms with Gasteiger partial charge in [-0.3, -0.25) is 4.79 Å². The van der Waals surface area contributed by atoms with Crippen LogP contribution in [0.4, 0.5) is 4.39 Å². The average molecular weight is 360 g/mol. The van der Waals surface area contributed by atoms with E-state index in [2.05, 4.69) is 20.4 Å². The third-order valence-electron chi connectivity index (χ3n) is 5.04. The minimum absolute atomic E-state index is 0.0200. The summed E-state index contributed by atoms with van der Waals surface area (Å²) in [7, 11) is 0. The van der Waals surface area contributed by atoms with Crippen molar-refractivity contribution in [3.8, 4) is 6.01 Å². The number of ether oxygens (including phenoxy) is 1. The standard InChI is InChI=1S/C18H21FN4O3/c19-11-9-20-18(21-10-11)25-13-7-5-12(6-8-13)22-17(24)16-14-3-1-2-4-15(14)26-23-16/h9-10,12-13H,1-8H2,(H,22,24). The van der Waals surface area contributed by atoms with Crippen LogP contribution in [0.1, 0.15) is 60.3 Å². The van der Waals surface area contributed by atoms with Crippen LogP contribution in [0.25, 0.3) is 0 Å². The van der Waals surface area contributed by atoms with E-state index >= 15 is 0 Å². The van der Waals surface area contributed by atoms with Gasteiger partial charge in [0.1, 0.15) is 11.9 Å². The molecule has 1 amide bonds. The number of hydrogen-bond acceptors (Lipinski definition) is 6. The first kappa shape index (κ1) is 16.9. The van der Waals surface area contributed by atoms with Crippen LogP contribution in [0, 0.1) is 5.82 Å². The molecule has 2 aliphatic carbocycles. The van der Waals surface area contributed by atoms with E-state index in [0.29, 0.717) is 5.69 Å². The molecular weight excluding hydrogens is 339 g/mol. The number of fused-ring (bicyclic) bond motifs is 1. The summed E-state index contributed by atoms with van der Waals surface area (Å²) in [6, 6.07) is 0.278. The lowest BCUT2D eigenvalue weighted by Crippen LogP contribution is -2.40. The smallest absolute Gasteiger partial charge is 0.316 e. The van der Waals surface area contributed by atoms with Crippen molar-refractivity contribution in [2.45, 2.75) is 63.5 Å². The number of carbonyl (C=O) groups excluding carboxylic acids is 1. The highest BCUT2D eigenvalue weighted by molar-refractivity contribution is 5.94. The molecule has 0 saturated heterocycles. The summed E-state index contributed by atoms with van der Waals surface area (Å²) in [5.74, 6) is 0.222. The summed E-state index contributed by atoms with van der Waals surface area (Å²) < 4.78 is 23.8. The van der Waals surface area contributed by atoms with Crippen molar-refractivity contribution in [3.63, 3.8) is 0 Å². The average Bonchev–Trinajstić information content (AvgIpc) is 3.09. The number of hydrogen-bond donors (Lipinski definition) is 1. The molecule has 2 aromatic rings. The Morgan fingerprint density at radius 2 is 1.88 bits per heavy atom. The van der Waals surface area contributed by atoms with Crippen LogP contribution in [0.2, 0.25) is 0 Å². The Balaban J connectivity index is 1.29. The van der Waals surface area contributed by atoms with Gasteiger partial charge >= 0.3 is 6.01 Å². The summed E-state index contributed by atoms with van der Waals surface area (Å²) in [4.78, 5) is 20.2. The van der Waals surface area contributed by atoms with Gasteiger partial charge in [-0.2, -0.15) is 0 Å². The first-order valence-corrected chi connectivity index (χ1v) is 9.11. The maximum atomic E-state index is 12.8. The van der Waals surface area contributed by atoms with Gasteiger partial charge in [-0.15, -0.1) is 0 Å². The molecule has 1 fully saturated rings. The molecule has 138 valence electrons. The third-order valence-corrected chi connectivity index (χ3v) is 5.04. The van der Waals surface area contributed by atoms with E-state index in [-0.39, 0.29) is 24.1 Å². The second-order valence-electron chi connectivity index (χ2n) is 6.89. The molecule has 2 heterocycles. The maximum absolute atomic E-state index is 12.8. The molecule has 0 aromatic carbocycles. The molecule has 26 heavy (non-hydrogen) atoms. The van der Waals surface area contributed by atoms with Crippen LogP contribution in [-0.2, 0) is 12.8 Å². The number of rotatable bonds is 4. The number of halogens is 1. The molecule has 1 N–H and O–H groups in total. The van der Waals surface area contributed by atoms with E-state index in [9.17, 15) is 9.18 Å². The number of aryl methyl sites for hydroxylation is 1. The van der Waals surface area contributed by atoms with E-state index < -0.39 is 5.82 Å². The molecule has 0 unspecified atom stereocenters. The van der Waals surface area contributed by atoms with E-state index in [1.165, 1.54) is 0 Å². The first-order chi connectivity index (χ1) is 12.7. The highest BCUT2D eigenvalue weighted by atomic mass is 19.1. The molecule has 7 nitrogen and oxygen atoms in total. The lowest BCUT2D eigenvalue weighted by molar-refractivity contribution is 0.0875. The first-order valence-electron chi connectivity index (χ1n) is 9.11. The topological polar surface area (TPSA) is 90.1 Å². The molecule has 0 aliphatic heterocycles. The number of nitrogens with one attached hydrogen (secondary N) is 1. The van der Waals surface area contributed by atoms with Crippen LogP contribution < -0.4 is 10.1 Å². The van der Waals surface area contributed by atoms with Gasteiger partial charge in [0.15, 0.2) is 11.5 Å². The van der Waals surface area contributed by atoms with Gasteiger partial charge in [0.2, 0.25) is 0 Å². The quantitative estimate of drug-likeness (QED) is 0.901. The number of aromatic nitrogens is 3. The zero-order valence-corrected chi connectivity index (χ0v) is 14.4. The Kier molecular flexibility index (Phi) is 4.81. The molecule has 1 saturated carbocycles. The van der Waals surface area contributed by atoms with Crippen molar-refractivity contribution in [3.05, 3.63) is 35.2 Å². The van der Waals surface area contributed by atoms with Crippen LogP contribution in [-0.4, -0.2) is 33.2 Å². The molecule has 0 bridgehead atoms. The minimum atomic E-state index is -0.487. The fraction of sp³-hybridized carbons (Fsp3) is 0.556. The summed E-state index contributed by atoms with van der Waals surface area (Å²) in [5, 5.41) is 7.05. The second kappa shape index (κ2) is 7.39. The summed E-state index contributed by atoms with van der Waals surface area (Å²) in [5.41, 5.74) is 1.41. The molecule has 4 rings (SSSR count). The molecule has 2 aliphatic rings. The molecule has 2 aromatic heterocycles. The highest BCUT2D eigenvalue weighted by Gasteiger charge is 2.28. The van der Waals surface area contributed by atoms with Crippen molar-refractivity contribution in [1.29, 1.82) is 0 Å². The zero-order valence-electron chi connectivity index (χ0n) is 14.4. The molecule has 0 spiro atoms. The lowest BCUT2D eigenvalue weighted by atomic mass is 9.92. The monoisotopic (exact) mass is 360 g/mol. The lowest BCUT2D eigenvalue weighted by Gasteiger charge is -2.28. The van der Waals surface area contributed by atoms with E-state index in [4.69, 9.17) is 9.26 Å². The number of nitrogens with zero attached hydrogens (tertiary/aromatic N) is 3. The van der Waals surface area contributed by atoms with E-state index in [1.807, 2.05) is 0 Å². The molecule has 0 atom stereocenters. The van der Waals surface area contributed by atoms with E-state index in [0.717, 1.165) is 75.1 Å². The fourth-order valence-corrected chi connectivity index (χ4v) is 3.65. The van der Waals surface area contributed by atoms with Gasteiger partial charge in [0, 0.05) is 18.0 Å². The van der Waals surface area contributed by atoms with Crippen molar-refractivity contribution in [1.82, 2.24) is 20.4 Å². The normalized spacial score (nSPS) is 22.5. The number of amides is 1. The van der Waals surface area contributed by atoms with Crippen LogP contribution in [0.15, 0.2) is 16.9 Å². The van der Waals surface area contributed by atoms with Crippen molar-refractivity contribution >= 4 is 5.91 Å². The predicted molar refractivity (Wildman–Crippen MR) is 89.3 cm³/mol. The highest BCUT2D eigenvalue weighted by Crippen LogP contribution is 2.26. The van der Waals surface area contributed by atoms with Gasteiger partial charge in [-0.05, 0) is 44.9 Å². The van der Waals surface area contributed by atoms with Crippen molar-refractivity contribution in [2.75, 3.05) is 0 Å². The SMILES string of the molecule is O=C(NC1CCC(Oc2ncc(F)cn2)CC1)c1noc2c1CCCC2. The van der Waals surface area contributed by atoms with Gasteiger partial charge in [-0.1, -0.05) is 5.16 Å². The molecular formula is C18H21FN4O3. The Bertz CT molecular complexity index is 769. The minimum Gasteiger partial charge on any atom is -0.460 e. The van der Waals surface area contributed by atoms with Crippen LogP contribution >= 0.6 is 0 Å². The third kappa shape index (κ3) is 3.68. The zero-order chi connectivity index (χ0) is 17.9. The van der Waals surface area contributed by atoms with Gasteiger partial charge in [-0.25, -0.2) is 14.4 Å². The molecule has 0 radical (unpaired) electrons. The Morgan fingerprint density at radius 3 is 2.65 bits per heavy atom. The fourth-order valence-electron chi connectivity index (χ4n) is 3.65. The Labute approximate surface area is 150 Å². The van der Waals surface area contributed by atoms with Crippen LogP contribution in [0.3, 0.4) is 0 Å². The number of carbonyl (C=O) groups is 1. The Hall–Kier alpha value is -2.51. The second-order valence-corrected chi connectivity index (χ2v) is 6.89. The van der Waals surface area contributed by atoms with Crippen molar-refractivity contribution < 1.29 is 18.4 Å². The van der Waals surface area contributed by atoms with Crippen molar-refractivity contribution in [2.24, 2.45) is 0 Å². The van der Waals surface area contributed by atoms with Gasteiger partial charge < -0.3 is 14.6 Å². The van der Waals surface area contributed by atoms with Gasteiger partial charge in [0.05, 0.1) is 12.4 Å². The summed E-state index contributed by atoms with van der Waals surface area (Å²) in [6.07, 6.45) is 9.21. The van der Waals surface area contributed by atoms with E-state index in [1.54, 1.807) is 0 Å². The summed E-state index contributed by atoms with van der Waals surface area (Å²) >= 11 is 0. The predicted octanol–water partition coefficient (Wildman–Crippen LogP) is 2.60. The Morgan fingerprint density at radius 1 is 1.15 bits per heavy atom. The van der Waals surface area contributed by atoms with Crippen LogP contribution in [0.5, 0.6) is 6.01 Å². The largest absolute Gasteiger partial charge is 0.460 e. The molecule has 8 heteroatoms. The maximum Gasteiger partial charge on any atom is 0.316 e. The van der Waals surface area contributed by atoms with Gasteiger partial charge in [0.25, 0.3) is 5.91 Å².